The molecule has 0 bridgehead atoms. The highest BCUT2D eigenvalue weighted by molar-refractivity contribution is 7.98. The van der Waals surface area contributed by atoms with Gasteiger partial charge in [-0.25, -0.2) is 10.5 Å². The summed E-state index contributed by atoms with van der Waals surface area (Å²) in [5.41, 5.74) is 3.46. The Bertz CT molecular complexity index is 994. The number of anilines is 1. The number of thioether (sulfide) groups is 1. The van der Waals surface area contributed by atoms with E-state index in [0.717, 1.165) is 23.8 Å². The number of hydrogen-bond donors (Lipinski definition) is 2. The first-order valence-electron chi connectivity index (χ1n) is 7.56. The molecule has 1 heterocycles. The van der Waals surface area contributed by atoms with Gasteiger partial charge in [-0.15, -0.1) is 5.10 Å². The number of aromatic nitrogens is 3. The number of nitro groups is 1. The van der Waals surface area contributed by atoms with Gasteiger partial charge in [-0.3, -0.25) is 10.1 Å². The lowest BCUT2D eigenvalue weighted by Crippen LogP contribution is -1.99. The van der Waals surface area contributed by atoms with Crippen LogP contribution in [-0.4, -0.2) is 26.3 Å². The van der Waals surface area contributed by atoms with E-state index < -0.39 is 4.92 Å². The lowest BCUT2D eigenvalue weighted by molar-refractivity contribution is -0.385. The zero-order valence-corrected chi connectivity index (χ0v) is 15.2. The van der Waals surface area contributed by atoms with E-state index in [1.807, 2.05) is 24.3 Å². The van der Waals surface area contributed by atoms with Crippen LogP contribution in [0.3, 0.4) is 0 Å². The first-order chi connectivity index (χ1) is 13.0. The molecule has 0 aliphatic heterocycles. The number of non-ortho nitro benzene ring substituents is 1. The molecular formula is C16H12ClN6O3S-. The summed E-state index contributed by atoms with van der Waals surface area (Å²) in [6.45, 7) is 0. The summed E-state index contributed by atoms with van der Waals surface area (Å²) in [7, 11) is 0. The second kappa shape index (κ2) is 8.52. The van der Waals surface area contributed by atoms with Crippen molar-refractivity contribution in [2.24, 2.45) is 5.10 Å². The van der Waals surface area contributed by atoms with Crippen LogP contribution in [0.2, 0.25) is 5.02 Å². The largest absolute Gasteiger partial charge is 0.872 e. The number of halogens is 1. The Hall–Kier alpha value is -3.11. The predicted octanol–water partition coefficient (Wildman–Crippen LogP) is 3.18. The molecule has 0 amide bonds. The van der Waals surface area contributed by atoms with Gasteiger partial charge in [0.15, 0.2) is 0 Å². The molecule has 9 nitrogen and oxygen atoms in total. The van der Waals surface area contributed by atoms with Crippen LogP contribution >= 0.6 is 23.4 Å². The lowest BCUT2D eigenvalue weighted by Gasteiger charge is -2.08. The normalized spacial score (nSPS) is 11.0. The van der Waals surface area contributed by atoms with E-state index in [9.17, 15) is 15.2 Å². The van der Waals surface area contributed by atoms with E-state index in [4.69, 9.17) is 11.6 Å². The number of hydrogen-bond acceptors (Lipinski definition) is 8. The number of aromatic amines is 1. The molecule has 2 aromatic carbocycles. The minimum Gasteiger partial charge on any atom is -0.872 e. The van der Waals surface area contributed by atoms with Crippen LogP contribution in [-0.2, 0) is 5.75 Å². The highest BCUT2D eigenvalue weighted by Gasteiger charge is 2.07. The van der Waals surface area contributed by atoms with Gasteiger partial charge in [0.2, 0.25) is 11.1 Å². The molecule has 0 saturated heterocycles. The van der Waals surface area contributed by atoms with Gasteiger partial charge in [0, 0.05) is 22.9 Å². The number of nitrogens with zero attached hydrogens (tertiary/aromatic N) is 4. The Morgan fingerprint density at radius 3 is 2.93 bits per heavy atom. The van der Waals surface area contributed by atoms with Crippen molar-refractivity contribution < 1.29 is 10.0 Å². The van der Waals surface area contributed by atoms with Crippen molar-refractivity contribution in [3.8, 4) is 5.75 Å². The van der Waals surface area contributed by atoms with Crippen LogP contribution in [0.25, 0.3) is 0 Å². The average Bonchev–Trinajstić information content (AvgIpc) is 3.10. The molecular weight excluding hydrogens is 392 g/mol. The molecule has 0 fully saturated rings. The van der Waals surface area contributed by atoms with Gasteiger partial charge in [0.1, 0.15) is 0 Å². The minimum atomic E-state index is -0.580. The second-order valence-electron chi connectivity index (χ2n) is 5.20. The van der Waals surface area contributed by atoms with Crippen molar-refractivity contribution >= 4 is 41.2 Å². The quantitative estimate of drug-likeness (QED) is 0.268. The summed E-state index contributed by atoms with van der Waals surface area (Å²) in [6, 6.07) is 10.9. The second-order valence-corrected chi connectivity index (χ2v) is 6.55. The number of hydrazone groups is 1. The maximum Gasteiger partial charge on any atom is 0.270 e. The van der Waals surface area contributed by atoms with E-state index in [2.05, 4.69) is 25.7 Å². The van der Waals surface area contributed by atoms with Gasteiger partial charge in [-0.2, -0.15) is 10.1 Å². The third kappa shape index (κ3) is 4.96. The predicted molar refractivity (Wildman–Crippen MR) is 101 cm³/mol. The molecule has 0 saturated carbocycles. The van der Waals surface area contributed by atoms with Crippen molar-refractivity contribution in [3.05, 3.63) is 68.7 Å². The highest BCUT2D eigenvalue weighted by atomic mass is 35.5. The number of benzene rings is 2. The van der Waals surface area contributed by atoms with E-state index >= 15 is 0 Å². The molecule has 0 radical (unpaired) electrons. The number of nitro benzene ring substituents is 1. The first kappa shape index (κ1) is 18.7. The molecule has 0 atom stereocenters. The lowest BCUT2D eigenvalue weighted by atomic mass is 10.2. The Morgan fingerprint density at radius 1 is 1.33 bits per heavy atom. The monoisotopic (exact) mass is 403 g/mol. The maximum absolute atomic E-state index is 11.7. The number of nitrogens with one attached hydrogen (secondary N) is 2. The summed E-state index contributed by atoms with van der Waals surface area (Å²) < 4.78 is 0. The fraction of sp³-hybridized carbons (Fsp3) is 0.0625. The molecule has 2 N–H and O–H groups in total. The van der Waals surface area contributed by atoms with Gasteiger partial charge in [-0.1, -0.05) is 53.4 Å². The average molecular weight is 404 g/mol. The fourth-order valence-electron chi connectivity index (χ4n) is 2.03. The van der Waals surface area contributed by atoms with Crippen LogP contribution in [0.1, 0.15) is 11.1 Å². The van der Waals surface area contributed by atoms with Gasteiger partial charge in [0.05, 0.1) is 11.1 Å². The van der Waals surface area contributed by atoms with Crippen LogP contribution < -0.4 is 10.5 Å². The molecule has 11 heteroatoms. The molecule has 138 valence electrons. The Labute approximate surface area is 162 Å². The molecule has 1 aromatic heterocycles. The molecule has 27 heavy (non-hydrogen) atoms. The van der Waals surface area contributed by atoms with E-state index in [1.54, 1.807) is 0 Å². The highest BCUT2D eigenvalue weighted by Crippen LogP contribution is 2.24. The standard InChI is InChI=1S/C16H13ClN6O3S/c17-13-4-2-1-3-10(13)9-27-16-19-15(21-22-16)20-18-8-11-7-12(23(25)26)5-6-14(11)24/h1-8,24H,9H2,(H2,19,20,21,22)/p-1/b18-8-. The van der Waals surface area contributed by atoms with Crippen LogP contribution in [0.5, 0.6) is 5.75 Å². The summed E-state index contributed by atoms with van der Waals surface area (Å²) >= 11 is 7.50. The van der Waals surface area contributed by atoms with Crippen molar-refractivity contribution in [3.63, 3.8) is 0 Å². The van der Waals surface area contributed by atoms with Crippen LogP contribution in [0.15, 0.2) is 52.7 Å². The van der Waals surface area contributed by atoms with Crippen LogP contribution in [0, 0.1) is 10.1 Å². The Balaban J connectivity index is 1.60. The van der Waals surface area contributed by atoms with Crippen molar-refractivity contribution in [1.82, 2.24) is 15.2 Å². The van der Waals surface area contributed by atoms with Gasteiger partial charge in [0.25, 0.3) is 5.69 Å². The zero-order chi connectivity index (χ0) is 19.2. The third-order valence-electron chi connectivity index (χ3n) is 3.36. The fourth-order valence-corrected chi connectivity index (χ4v) is 3.12. The van der Waals surface area contributed by atoms with Crippen molar-refractivity contribution in [2.45, 2.75) is 10.9 Å². The first-order valence-corrected chi connectivity index (χ1v) is 8.92. The molecule has 0 spiro atoms. The smallest absolute Gasteiger partial charge is 0.270 e. The zero-order valence-electron chi connectivity index (χ0n) is 13.6. The van der Waals surface area contributed by atoms with Gasteiger partial charge >= 0.3 is 0 Å². The number of rotatable bonds is 7. The Kier molecular flexibility index (Phi) is 5.89. The maximum atomic E-state index is 11.7. The van der Waals surface area contributed by atoms with Gasteiger partial charge < -0.3 is 5.11 Å². The summed E-state index contributed by atoms with van der Waals surface area (Å²) in [4.78, 5) is 14.4. The topological polar surface area (TPSA) is 132 Å². The molecule has 3 rings (SSSR count). The summed E-state index contributed by atoms with van der Waals surface area (Å²) in [5, 5.41) is 34.2. The minimum absolute atomic E-state index is 0.0875. The van der Waals surface area contributed by atoms with Crippen molar-refractivity contribution in [2.75, 3.05) is 5.43 Å². The third-order valence-corrected chi connectivity index (χ3v) is 4.62. The molecule has 0 aliphatic rings. The summed E-state index contributed by atoms with van der Waals surface area (Å²) in [6.07, 6.45) is 1.19. The summed E-state index contributed by atoms with van der Waals surface area (Å²) in [5.74, 6) is 0.499. The molecule has 0 unspecified atom stereocenters. The molecule has 0 aliphatic carbocycles. The molecule has 3 aromatic rings. The SMILES string of the molecule is O=[N+]([O-])c1ccc([O-])c(/C=N\Nc2nc(SCc3ccccc3Cl)n[nH]2)c1. The van der Waals surface area contributed by atoms with E-state index in [0.29, 0.717) is 15.9 Å². The van der Waals surface area contributed by atoms with Crippen molar-refractivity contribution in [1.29, 1.82) is 0 Å². The Morgan fingerprint density at radius 2 is 2.15 bits per heavy atom. The van der Waals surface area contributed by atoms with Gasteiger partial charge in [-0.05, 0) is 17.2 Å². The van der Waals surface area contributed by atoms with E-state index in [-0.39, 0.29) is 22.9 Å². The van der Waals surface area contributed by atoms with E-state index in [1.165, 1.54) is 18.0 Å². The number of H-pyrrole nitrogens is 1. The van der Waals surface area contributed by atoms with Crippen LogP contribution in [0.4, 0.5) is 11.6 Å².